The zero-order valence-electron chi connectivity index (χ0n) is 15.5. The molecule has 0 unspecified atom stereocenters. The van der Waals surface area contributed by atoms with E-state index >= 15 is 0 Å². The number of carbonyl (C=O) groups is 1. The summed E-state index contributed by atoms with van der Waals surface area (Å²) in [5.74, 6) is 7.07. The molecule has 0 radical (unpaired) electrons. The molecule has 5 heteroatoms. The van der Waals surface area contributed by atoms with Crippen molar-refractivity contribution in [3.8, 4) is 17.7 Å². The molecule has 1 fully saturated rings. The fourth-order valence-electron chi connectivity index (χ4n) is 3.31. The largest absolute Gasteiger partial charge is 0.477 e. The van der Waals surface area contributed by atoms with Gasteiger partial charge >= 0.3 is 5.91 Å². The Morgan fingerprint density at radius 3 is 2.93 bits per heavy atom. The number of nitrogens with zero attached hydrogens (tertiary/aromatic N) is 2. The predicted molar refractivity (Wildman–Crippen MR) is 110 cm³/mol. The Bertz CT molecular complexity index is 970. The van der Waals surface area contributed by atoms with E-state index in [1.165, 1.54) is 5.56 Å². The molecule has 2 heterocycles. The van der Waals surface area contributed by atoms with Crippen LogP contribution in [0, 0.1) is 18.8 Å². The van der Waals surface area contributed by atoms with E-state index in [-0.39, 0.29) is 5.91 Å². The summed E-state index contributed by atoms with van der Waals surface area (Å²) < 4.78 is 6.69. The molecule has 1 aliphatic carbocycles. The number of aromatic nitrogens is 1. The maximum absolute atomic E-state index is 13.1. The molecule has 138 valence electrons. The summed E-state index contributed by atoms with van der Waals surface area (Å²) >= 11 is 3.63. The number of hydrogen-bond acceptors (Lipinski definition) is 3. The topological polar surface area (TPSA) is 42.4 Å². The van der Waals surface area contributed by atoms with Gasteiger partial charge in [0.15, 0.2) is 0 Å². The van der Waals surface area contributed by atoms with E-state index in [9.17, 15) is 4.79 Å². The Balaban J connectivity index is 1.86. The molecule has 4 nitrogen and oxygen atoms in total. The molecule has 1 amide bonds. The minimum atomic E-state index is -0.258. The number of aryl methyl sites for hydroxylation is 1. The highest BCUT2D eigenvalue weighted by molar-refractivity contribution is 9.10. The summed E-state index contributed by atoms with van der Waals surface area (Å²) in [4.78, 5) is 19.3. The van der Waals surface area contributed by atoms with Crippen molar-refractivity contribution in [2.24, 2.45) is 0 Å². The number of rotatable bonds is 3. The van der Waals surface area contributed by atoms with Crippen molar-refractivity contribution in [3.05, 3.63) is 45.4 Å². The molecule has 0 spiro atoms. The van der Waals surface area contributed by atoms with E-state index < -0.39 is 0 Å². The van der Waals surface area contributed by atoms with Gasteiger partial charge in [-0.1, -0.05) is 28.8 Å². The van der Waals surface area contributed by atoms with Crippen LogP contribution in [-0.4, -0.2) is 17.5 Å². The molecule has 2 aromatic rings. The summed E-state index contributed by atoms with van der Waals surface area (Å²) in [7, 11) is 0. The smallest absolute Gasteiger partial charge is 0.308 e. The molecular formula is C22H21BrN2O2. The average Bonchev–Trinajstić information content (AvgIpc) is 3.40. The molecule has 27 heavy (non-hydrogen) atoms. The first-order valence-electron chi connectivity index (χ1n) is 9.34. The molecule has 1 saturated carbocycles. The minimum absolute atomic E-state index is 0.258. The first-order valence-corrected chi connectivity index (χ1v) is 10.1. The SMILES string of the molecule is CCC#CC(=O)N(c1ccc2c(n1)OCC2)c1cc(C)c(Br)cc1C1CC1. The van der Waals surface area contributed by atoms with Gasteiger partial charge in [-0.2, -0.15) is 4.98 Å². The molecule has 0 atom stereocenters. The van der Waals surface area contributed by atoms with Gasteiger partial charge < -0.3 is 4.74 Å². The van der Waals surface area contributed by atoms with Crippen LogP contribution in [0.1, 0.15) is 48.8 Å². The van der Waals surface area contributed by atoms with E-state index in [1.807, 2.05) is 26.0 Å². The van der Waals surface area contributed by atoms with Crippen LogP contribution in [0.5, 0.6) is 5.88 Å². The van der Waals surface area contributed by atoms with Gasteiger partial charge in [-0.3, -0.25) is 9.69 Å². The van der Waals surface area contributed by atoms with Crippen molar-refractivity contribution in [1.82, 2.24) is 4.98 Å². The molecule has 4 rings (SSSR count). The highest BCUT2D eigenvalue weighted by Crippen LogP contribution is 2.47. The molecule has 0 N–H and O–H groups in total. The number of fused-ring (bicyclic) bond motifs is 1. The number of amides is 1. The van der Waals surface area contributed by atoms with Crippen LogP contribution >= 0.6 is 15.9 Å². The third kappa shape index (κ3) is 3.59. The first kappa shape index (κ1) is 18.1. The maximum Gasteiger partial charge on any atom is 0.308 e. The van der Waals surface area contributed by atoms with E-state index in [4.69, 9.17) is 4.74 Å². The third-order valence-corrected chi connectivity index (χ3v) is 5.76. The number of anilines is 2. The van der Waals surface area contributed by atoms with Crippen LogP contribution in [0.15, 0.2) is 28.7 Å². The zero-order chi connectivity index (χ0) is 19.0. The van der Waals surface area contributed by atoms with E-state index in [1.54, 1.807) is 4.90 Å². The van der Waals surface area contributed by atoms with Crippen molar-refractivity contribution in [1.29, 1.82) is 0 Å². The normalized spacial score (nSPS) is 14.8. The van der Waals surface area contributed by atoms with Crippen molar-refractivity contribution in [2.45, 2.75) is 45.4 Å². The van der Waals surface area contributed by atoms with Crippen LogP contribution in [0.3, 0.4) is 0 Å². The van der Waals surface area contributed by atoms with Crippen molar-refractivity contribution in [3.63, 3.8) is 0 Å². The van der Waals surface area contributed by atoms with Crippen LogP contribution < -0.4 is 9.64 Å². The fourth-order valence-corrected chi connectivity index (χ4v) is 3.67. The number of hydrogen-bond donors (Lipinski definition) is 0. The second kappa shape index (κ2) is 7.36. The molecule has 1 aromatic heterocycles. The van der Waals surface area contributed by atoms with Crippen LogP contribution in [0.25, 0.3) is 0 Å². The van der Waals surface area contributed by atoms with Gasteiger partial charge in [0.1, 0.15) is 5.82 Å². The van der Waals surface area contributed by atoms with Crippen LogP contribution in [-0.2, 0) is 11.2 Å². The van der Waals surface area contributed by atoms with Crippen LogP contribution in [0.2, 0.25) is 0 Å². The molecular weight excluding hydrogens is 404 g/mol. The molecule has 0 saturated heterocycles. The summed E-state index contributed by atoms with van der Waals surface area (Å²) in [5, 5.41) is 0. The quantitative estimate of drug-likeness (QED) is 0.647. The van der Waals surface area contributed by atoms with Crippen molar-refractivity contribution >= 4 is 33.3 Å². The van der Waals surface area contributed by atoms with E-state index in [0.717, 1.165) is 40.5 Å². The second-order valence-corrected chi connectivity index (χ2v) is 7.82. The van der Waals surface area contributed by atoms with Gasteiger partial charge in [0.05, 0.1) is 12.3 Å². The standard InChI is InChI=1S/C22H21BrN2O2/c1-3-4-5-21(26)25(20-9-8-16-10-11-27-22(16)24-20)19-12-14(2)18(23)13-17(19)15-6-7-15/h8-9,12-13,15H,3,6-7,10-11H2,1-2H3. The first-order chi connectivity index (χ1) is 13.1. The summed E-state index contributed by atoms with van der Waals surface area (Å²) in [6.45, 7) is 4.61. The molecule has 1 aliphatic heterocycles. The predicted octanol–water partition coefficient (Wildman–Crippen LogP) is 5.04. The fraction of sp³-hybridized carbons (Fsp3) is 0.364. The summed E-state index contributed by atoms with van der Waals surface area (Å²) in [5.41, 5.74) is 4.20. The Morgan fingerprint density at radius 1 is 1.37 bits per heavy atom. The molecule has 1 aromatic carbocycles. The lowest BCUT2D eigenvalue weighted by Gasteiger charge is -2.24. The number of carbonyl (C=O) groups excluding carboxylic acids is 1. The highest BCUT2D eigenvalue weighted by Gasteiger charge is 2.31. The number of halogens is 1. The van der Waals surface area contributed by atoms with Crippen molar-refractivity contribution < 1.29 is 9.53 Å². The lowest BCUT2D eigenvalue weighted by atomic mass is 10.0. The van der Waals surface area contributed by atoms with Crippen LogP contribution in [0.4, 0.5) is 11.5 Å². The van der Waals surface area contributed by atoms with Gasteiger partial charge in [0, 0.05) is 22.9 Å². The van der Waals surface area contributed by atoms with Gasteiger partial charge in [-0.25, -0.2) is 0 Å². The molecule has 2 aliphatic rings. The number of pyridine rings is 1. The van der Waals surface area contributed by atoms with Crippen molar-refractivity contribution in [2.75, 3.05) is 11.5 Å². The number of benzene rings is 1. The van der Waals surface area contributed by atoms with Gasteiger partial charge in [-0.05, 0) is 67.0 Å². The summed E-state index contributed by atoms with van der Waals surface area (Å²) in [6, 6.07) is 8.09. The molecule has 0 bridgehead atoms. The Labute approximate surface area is 168 Å². The second-order valence-electron chi connectivity index (χ2n) is 6.96. The van der Waals surface area contributed by atoms with E-state index in [2.05, 4.69) is 44.9 Å². The van der Waals surface area contributed by atoms with Gasteiger partial charge in [-0.15, -0.1) is 0 Å². The Hall–Kier alpha value is -2.32. The average molecular weight is 425 g/mol. The minimum Gasteiger partial charge on any atom is -0.477 e. The number of ether oxygens (including phenoxy) is 1. The zero-order valence-corrected chi connectivity index (χ0v) is 17.1. The Morgan fingerprint density at radius 2 is 2.19 bits per heavy atom. The monoisotopic (exact) mass is 424 g/mol. The lowest BCUT2D eigenvalue weighted by Crippen LogP contribution is -2.26. The highest BCUT2D eigenvalue weighted by atomic mass is 79.9. The Kier molecular flexibility index (Phi) is 4.92. The maximum atomic E-state index is 13.1. The van der Waals surface area contributed by atoms with Gasteiger partial charge in [0.2, 0.25) is 5.88 Å². The third-order valence-electron chi connectivity index (χ3n) is 4.90. The van der Waals surface area contributed by atoms with E-state index in [0.29, 0.717) is 30.6 Å². The van der Waals surface area contributed by atoms with Gasteiger partial charge in [0.25, 0.3) is 0 Å². The lowest BCUT2D eigenvalue weighted by molar-refractivity contribution is -0.112. The summed E-state index contributed by atoms with van der Waals surface area (Å²) in [6.07, 6.45) is 3.78.